The summed E-state index contributed by atoms with van der Waals surface area (Å²) in [5.74, 6) is -0.262. The molecule has 0 aliphatic heterocycles. The first kappa shape index (κ1) is 16.4. The van der Waals surface area contributed by atoms with Crippen molar-refractivity contribution in [2.45, 2.75) is 26.3 Å². The van der Waals surface area contributed by atoms with E-state index in [2.05, 4.69) is 15.9 Å². The Bertz CT molecular complexity index is 385. The lowest BCUT2D eigenvalue weighted by atomic mass is 10.0. The fraction of sp³-hybridized carbons (Fsp3) is 0.417. The summed E-state index contributed by atoms with van der Waals surface area (Å²) in [5, 5.41) is 0. The van der Waals surface area contributed by atoms with Crippen LogP contribution < -0.4 is 5.73 Å². The number of hydrogen-bond donors (Lipinski definition) is 1. The molecule has 0 heterocycles. The third-order valence-corrected chi connectivity index (χ3v) is 2.93. The van der Waals surface area contributed by atoms with E-state index >= 15 is 0 Å². The van der Waals surface area contributed by atoms with Gasteiger partial charge in [0.1, 0.15) is 0 Å². The molecule has 0 unspecified atom stereocenters. The summed E-state index contributed by atoms with van der Waals surface area (Å²) in [6.07, 6.45) is 0.204. The van der Waals surface area contributed by atoms with Crippen molar-refractivity contribution in [3.8, 4) is 0 Å². The largest absolute Gasteiger partial charge is 0.466 e. The number of hydrogen-bond acceptors (Lipinski definition) is 3. The highest BCUT2D eigenvalue weighted by atomic mass is 79.9. The van der Waals surface area contributed by atoms with Crippen molar-refractivity contribution >= 4 is 34.3 Å². The summed E-state index contributed by atoms with van der Waals surface area (Å²) in [4.78, 5) is 11.3. The molecule has 0 saturated carbocycles. The Kier molecular flexibility index (Phi) is 7.43. The van der Waals surface area contributed by atoms with Crippen LogP contribution in [0.3, 0.4) is 0 Å². The van der Waals surface area contributed by atoms with E-state index in [1.807, 2.05) is 25.1 Å². The van der Waals surface area contributed by atoms with Gasteiger partial charge in [-0.05, 0) is 31.0 Å². The number of carbonyl (C=O) groups is 1. The quantitative estimate of drug-likeness (QED) is 0.867. The predicted octanol–water partition coefficient (Wildman–Crippen LogP) is 3.13. The maximum absolute atomic E-state index is 11.3. The van der Waals surface area contributed by atoms with E-state index in [0.29, 0.717) is 6.61 Å². The van der Waals surface area contributed by atoms with Crippen molar-refractivity contribution in [1.29, 1.82) is 0 Å². The van der Waals surface area contributed by atoms with E-state index in [4.69, 9.17) is 10.5 Å². The number of halogens is 2. The van der Waals surface area contributed by atoms with E-state index in [1.54, 1.807) is 6.92 Å². The standard InChI is InChI=1S/C12H16BrNO2.ClH/c1-3-16-12(15)7-11(14)9-5-4-8(2)6-10(9)13;/h4-6,11H,3,7,14H2,1-2H3;1H/t11-;/m0./s1. The molecule has 0 spiro atoms. The molecular formula is C12H17BrClNO2. The van der Waals surface area contributed by atoms with E-state index in [1.165, 1.54) is 0 Å². The van der Waals surface area contributed by atoms with Gasteiger partial charge in [-0.25, -0.2) is 0 Å². The van der Waals surface area contributed by atoms with Gasteiger partial charge in [0.05, 0.1) is 13.0 Å². The molecule has 1 aromatic rings. The molecular weight excluding hydrogens is 305 g/mol. The number of aryl methyl sites for hydroxylation is 1. The monoisotopic (exact) mass is 321 g/mol. The first-order chi connectivity index (χ1) is 7.54. The fourth-order valence-corrected chi connectivity index (χ4v) is 2.23. The van der Waals surface area contributed by atoms with E-state index in [0.717, 1.165) is 15.6 Å². The Balaban J connectivity index is 0.00000256. The summed E-state index contributed by atoms with van der Waals surface area (Å²) in [5.41, 5.74) is 8.03. The van der Waals surface area contributed by atoms with Gasteiger partial charge in [0.15, 0.2) is 0 Å². The third-order valence-electron chi connectivity index (χ3n) is 2.25. The van der Waals surface area contributed by atoms with Crippen molar-refractivity contribution in [1.82, 2.24) is 0 Å². The summed E-state index contributed by atoms with van der Waals surface area (Å²) >= 11 is 3.44. The highest BCUT2D eigenvalue weighted by Gasteiger charge is 2.14. The van der Waals surface area contributed by atoms with Crippen LogP contribution >= 0.6 is 28.3 Å². The zero-order valence-corrected chi connectivity index (χ0v) is 12.3. The van der Waals surface area contributed by atoms with E-state index in [-0.39, 0.29) is 30.8 Å². The Morgan fingerprint density at radius 1 is 1.53 bits per heavy atom. The van der Waals surface area contributed by atoms with Gasteiger partial charge in [-0.1, -0.05) is 28.1 Å². The van der Waals surface area contributed by atoms with Crippen molar-refractivity contribution in [2.24, 2.45) is 5.73 Å². The SMILES string of the molecule is CCOC(=O)C[C@H](N)c1ccc(C)cc1Br.Cl. The maximum Gasteiger partial charge on any atom is 0.307 e. The van der Waals surface area contributed by atoms with Gasteiger partial charge in [0.25, 0.3) is 0 Å². The molecule has 2 N–H and O–H groups in total. The summed E-state index contributed by atoms with van der Waals surface area (Å²) in [7, 11) is 0. The molecule has 0 amide bonds. The Morgan fingerprint density at radius 3 is 2.71 bits per heavy atom. The second-order valence-electron chi connectivity index (χ2n) is 3.64. The summed E-state index contributed by atoms with van der Waals surface area (Å²) in [6.45, 7) is 4.18. The molecule has 96 valence electrons. The van der Waals surface area contributed by atoms with Gasteiger partial charge in [-0.15, -0.1) is 12.4 Å². The Morgan fingerprint density at radius 2 is 2.18 bits per heavy atom. The van der Waals surface area contributed by atoms with Gasteiger partial charge >= 0.3 is 5.97 Å². The molecule has 1 rings (SSSR count). The van der Waals surface area contributed by atoms with Crippen LogP contribution in [0.5, 0.6) is 0 Å². The average Bonchev–Trinajstić information content (AvgIpc) is 2.17. The Labute approximate surface area is 116 Å². The lowest BCUT2D eigenvalue weighted by molar-refractivity contribution is -0.143. The lowest BCUT2D eigenvalue weighted by Gasteiger charge is -2.13. The predicted molar refractivity (Wildman–Crippen MR) is 74.3 cm³/mol. The normalized spacial score (nSPS) is 11.5. The van der Waals surface area contributed by atoms with Crippen LogP contribution in [-0.4, -0.2) is 12.6 Å². The van der Waals surface area contributed by atoms with Gasteiger partial charge in [0.2, 0.25) is 0 Å². The van der Waals surface area contributed by atoms with E-state index < -0.39 is 0 Å². The van der Waals surface area contributed by atoms with E-state index in [9.17, 15) is 4.79 Å². The molecule has 0 radical (unpaired) electrons. The number of rotatable bonds is 4. The second-order valence-corrected chi connectivity index (χ2v) is 4.49. The molecule has 3 nitrogen and oxygen atoms in total. The minimum Gasteiger partial charge on any atom is -0.466 e. The van der Waals surface area contributed by atoms with Crippen molar-refractivity contribution in [2.75, 3.05) is 6.61 Å². The smallest absolute Gasteiger partial charge is 0.307 e. The first-order valence-electron chi connectivity index (χ1n) is 5.21. The topological polar surface area (TPSA) is 52.3 Å². The number of benzene rings is 1. The highest BCUT2D eigenvalue weighted by Crippen LogP contribution is 2.25. The zero-order chi connectivity index (χ0) is 12.1. The van der Waals surface area contributed by atoms with Crippen LogP contribution in [0.1, 0.15) is 30.5 Å². The lowest BCUT2D eigenvalue weighted by Crippen LogP contribution is -2.17. The third kappa shape index (κ3) is 5.06. The minimum atomic E-state index is -0.325. The van der Waals surface area contributed by atoms with Crippen LogP contribution in [0, 0.1) is 6.92 Å². The fourth-order valence-electron chi connectivity index (χ4n) is 1.44. The summed E-state index contributed by atoms with van der Waals surface area (Å²) < 4.78 is 5.80. The second kappa shape index (κ2) is 7.69. The molecule has 0 aliphatic carbocycles. The van der Waals surface area contributed by atoms with Crippen molar-refractivity contribution in [3.63, 3.8) is 0 Å². The molecule has 1 aromatic carbocycles. The van der Waals surface area contributed by atoms with Gasteiger partial charge in [-0.3, -0.25) is 4.79 Å². The van der Waals surface area contributed by atoms with Crippen molar-refractivity contribution < 1.29 is 9.53 Å². The molecule has 17 heavy (non-hydrogen) atoms. The molecule has 1 atom stereocenters. The van der Waals surface area contributed by atoms with Crippen LogP contribution in [-0.2, 0) is 9.53 Å². The molecule has 0 bridgehead atoms. The number of esters is 1. The molecule has 5 heteroatoms. The van der Waals surface area contributed by atoms with Crippen molar-refractivity contribution in [3.05, 3.63) is 33.8 Å². The molecule has 0 saturated heterocycles. The minimum absolute atomic E-state index is 0. The average molecular weight is 323 g/mol. The highest BCUT2D eigenvalue weighted by molar-refractivity contribution is 9.10. The molecule has 0 aromatic heterocycles. The van der Waals surface area contributed by atoms with Crippen LogP contribution in [0.25, 0.3) is 0 Å². The zero-order valence-electron chi connectivity index (χ0n) is 9.90. The van der Waals surface area contributed by atoms with Crippen LogP contribution in [0.15, 0.2) is 22.7 Å². The number of ether oxygens (including phenoxy) is 1. The van der Waals surface area contributed by atoms with Gasteiger partial charge in [0, 0.05) is 10.5 Å². The molecule has 0 fully saturated rings. The van der Waals surface area contributed by atoms with Gasteiger partial charge in [-0.2, -0.15) is 0 Å². The first-order valence-corrected chi connectivity index (χ1v) is 6.01. The maximum atomic E-state index is 11.3. The number of nitrogens with two attached hydrogens (primary N) is 1. The number of carbonyl (C=O) groups excluding carboxylic acids is 1. The van der Waals surface area contributed by atoms with Gasteiger partial charge < -0.3 is 10.5 Å². The molecule has 0 aliphatic rings. The van der Waals surface area contributed by atoms with Crippen LogP contribution in [0.4, 0.5) is 0 Å². The Hall–Kier alpha value is -0.580. The summed E-state index contributed by atoms with van der Waals surface area (Å²) in [6, 6.07) is 5.57. The van der Waals surface area contributed by atoms with Crippen LogP contribution in [0.2, 0.25) is 0 Å².